The van der Waals surface area contributed by atoms with E-state index < -0.39 is 0 Å². The first-order chi connectivity index (χ1) is 13.4. The van der Waals surface area contributed by atoms with E-state index in [1.807, 2.05) is 37.3 Å². The summed E-state index contributed by atoms with van der Waals surface area (Å²) in [5, 5.41) is 9.21. The van der Waals surface area contributed by atoms with E-state index in [1.165, 1.54) is 5.01 Å². The normalized spacial score (nSPS) is 16.0. The number of hydrazone groups is 1. The molecule has 1 aliphatic heterocycles. The monoisotopic (exact) mass is 465 g/mol. The van der Waals surface area contributed by atoms with Crippen LogP contribution < -0.4 is 14.8 Å². The van der Waals surface area contributed by atoms with Gasteiger partial charge >= 0.3 is 6.03 Å². The number of hydrogen-bond acceptors (Lipinski definition) is 4. The van der Waals surface area contributed by atoms with Gasteiger partial charge in [-0.25, -0.2) is 9.80 Å². The first kappa shape index (κ1) is 20.5. The van der Waals surface area contributed by atoms with Crippen LogP contribution in [0.15, 0.2) is 39.9 Å². The van der Waals surface area contributed by atoms with E-state index in [0.29, 0.717) is 28.7 Å². The number of nitrogens with zero attached hydrogens (tertiary/aromatic N) is 2. The zero-order valence-electron chi connectivity index (χ0n) is 16.0. The first-order valence-corrected chi connectivity index (χ1v) is 9.87. The lowest BCUT2D eigenvalue weighted by molar-refractivity contribution is 0.184. The van der Waals surface area contributed by atoms with Crippen LogP contribution in [0.5, 0.6) is 11.5 Å². The summed E-state index contributed by atoms with van der Waals surface area (Å²) in [6.45, 7) is 1.94. The standard InChI is InChI=1S/C20H21BrClN3O3/c1-11-9-13-10-15(27-3)19(28-4)17(22)16(13)18(24-25(11)20(26)23-2)12-5-7-14(21)8-6-12/h5-8,10-11H,9H2,1-4H3,(H,23,26)/t11-/m1/s1. The van der Waals surface area contributed by atoms with E-state index in [2.05, 4.69) is 21.2 Å². The highest BCUT2D eigenvalue weighted by atomic mass is 79.9. The highest BCUT2D eigenvalue weighted by Crippen LogP contribution is 2.42. The van der Waals surface area contributed by atoms with Crippen molar-refractivity contribution in [2.75, 3.05) is 21.3 Å². The van der Waals surface area contributed by atoms with Gasteiger partial charge in [0.2, 0.25) is 0 Å². The summed E-state index contributed by atoms with van der Waals surface area (Å²) >= 11 is 10.2. The van der Waals surface area contributed by atoms with Crippen molar-refractivity contribution in [1.29, 1.82) is 0 Å². The molecule has 0 unspecified atom stereocenters. The fraction of sp³-hybridized carbons (Fsp3) is 0.300. The Balaban J connectivity index is 2.31. The van der Waals surface area contributed by atoms with Crippen molar-refractivity contribution in [2.45, 2.75) is 19.4 Å². The van der Waals surface area contributed by atoms with Gasteiger partial charge < -0.3 is 14.8 Å². The number of rotatable bonds is 3. The maximum atomic E-state index is 12.5. The molecule has 1 atom stereocenters. The lowest BCUT2D eigenvalue weighted by atomic mass is 9.94. The predicted molar refractivity (Wildman–Crippen MR) is 114 cm³/mol. The van der Waals surface area contributed by atoms with Crippen LogP contribution in [0.4, 0.5) is 4.79 Å². The minimum atomic E-state index is -0.287. The summed E-state index contributed by atoms with van der Waals surface area (Å²) in [4.78, 5) is 12.5. The Labute approximate surface area is 177 Å². The molecule has 0 bridgehead atoms. The van der Waals surface area contributed by atoms with Crippen LogP contribution in [0.2, 0.25) is 5.02 Å². The fourth-order valence-electron chi connectivity index (χ4n) is 3.25. The van der Waals surface area contributed by atoms with Gasteiger partial charge in [0, 0.05) is 22.6 Å². The molecule has 1 aliphatic rings. The van der Waals surface area contributed by atoms with Crippen LogP contribution in [0, 0.1) is 0 Å². The third-order valence-corrected chi connectivity index (χ3v) is 5.50. The summed E-state index contributed by atoms with van der Waals surface area (Å²) in [7, 11) is 4.70. The van der Waals surface area contributed by atoms with Crippen molar-refractivity contribution in [1.82, 2.24) is 10.3 Å². The maximum absolute atomic E-state index is 12.5. The van der Waals surface area contributed by atoms with Crippen LogP contribution in [0.3, 0.4) is 0 Å². The quantitative estimate of drug-likeness (QED) is 0.726. The molecule has 1 heterocycles. The number of methoxy groups -OCH3 is 2. The molecule has 0 saturated carbocycles. The average molecular weight is 467 g/mol. The maximum Gasteiger partial charge on any atom is 0.337 e. The smallest absolute Gasteiger partial charge is 0.337 e. The number of urea groups is 1. The third kappa shape index (κ3) is 3.69. The zero-order valence-corrected chi connectivity index (χ0v) is 18.4. The number of nitrogens with one attached hydrogen (secondary N) is 1. The Morgan fingerprint density at radius 1 is 1.29 bits per heavy atom. The summed E-state index contributed by atoms with van der Waals surface area (Å²) in [5.74, 6) is 0.982. The molecule has 8 heteroatoms. The Morgan fingerprint density at radius 2 is 1.96 bits per heavy atom. The Morgan fingerprint density at radius 3 is 2.54 bits per heavy atom. The topological polar surface area (TPSA) is 63.2 Å². The predicted octanol–water partition coefficient (Wildman–Crippen LogP) is 4.46. The van der Waals surface area contributed by atoms with Gasteiger partial charge in [-0.15, -0.1) is 0 Å². The molecule has 2 amide bonds. The molecule has 0 fully saturated rings. The third-order valence-electron chi connectivity index (χ3n) is 4.61. The van der Waals surface area contributed by atoms with Gasteiger partial charge in [0.15, 0.2) is 11.5 Å². The lowest BCUT2D eigenvalue weighted by Crippen LogP contribution is -2.41. The van der Waals surface area contributed by atoms with E-state index in [0.717, 1.165) is 21.2 Å². The Bertz CT molecular complexity index is 931. The second kappa shape index (κ2) is 8.41. The lowest BCUT2D eigenvalue weighted by Gasteiger charge is -2.22. The minimum Gasteiger partial charge on any atom is -0.493 e. The molecule has 0 saturated heterocycles. The first-order valence-electron chi connectivity index (χ1n) is 8.70. The number of amides is 2. The van der Waals surface area contributed by atoms with E-state index in [1.54, 1.807) is 21.3 Å². The Kier molecular flexibility index (Phi) is 6.15. The molecule has 2 aromatic carbocycles. The van der Waals surface area contributed by atoms with Gasteiger partial charge in [-0.1, -0.05) is 39.7 Å². The molecule has 6 nitrogen and oxygen atoms in total. The summed E-state index contributed by atoms with van der Waals surface area (Å²) in [6.07, 6.45) is 0.562. The Hall–Kier alpha value is -2.25. The number of carbonyl (C=O) groups excluding carboxylic acids is 1. The molecule has 0 spiro atoms. The van der Waals surface area contributed by atoms with Crippen molar-refractivity contribution in [3.05, 3.63) is 56.5 Å². The van der Waals surface area contributed by atoms with Crippen LogP contribution in [-0.2, 0) is 6.42 Å². The molecular weight excluding hydrogens is 446 g/mol. The van der Waals surface area contributed by atoms with Gasteiger partial charge in [-0.3, -0.25) is 0 Å². The van der Waals surface area contributed by atoms with E-state index >= 15 is 0 Å². The number of ether oxygens (including phenoxy) is 2. The van der Waals surface area contributed by atoms with Crippen molar-refractivity contribution in [3.8, 4) is 11.5 Å². The second-order valence-corrected chi connectivity index (χ2v) is 7.66. The van der Waals surface area contributed by atoms with Crippen LogP contribution in [-0.4, -0.2) is 44.1 Å². The number of fused-ring (bicyclic) bond motifs is 1. The molecule has 148 valence electrons. The highest BCUT2D eigenvalue weighted by Gasteiger charge is 2.30. The molecular formula is C20H21BrClN3O3. The highest BCUT2D eigenvalue weighted by molar-refractivity contribution is 9.10. The second-order valence-electron chi connectivity index (χ2n) is 6.37. The van der Waals surface area contributed by atoms with E-state index in [-0.39, 0.29) is 12.1 Å². The van der Waals surface area contributed by atoms with Gasteiger partial charge in [0.25, 0.3) is 0 Å². The van der Waals surface area contributed by atoms with Crippen molar-refractivity contribution >= 4 is 39.3 Å². The average Bonchev–Trinajstić information content (AvgIpc) is 2.84. The van der Waals surface area contributed by atoms with Gasteiger partial charge in [0.1, 0.15) is 5.71 Å². The van der Waals surface area contributed by atoms with Gasteiger partial charge in [-0.2, -0.15) is 5.10 Å². The molecule has 1 N–H and O–H groups in total. The number of benzene rings is 2. The van der Waals surface area contributed by atoms with E-state index in [4.69, 9.17) is 26.2 Å². The number of hydrogen-bond donors (Lipinski definition) is 1. The van der Waals surface area contributed by atoms with Gasteiger partial charge in [-0.05, 0) is 37.1 Å². The molecule has 0 aromatic heterocycles. The van der Waals surface area contributed by atoms with Crippen LogP contribution in [0.25, 0.3) is 0 Å². The van der Waals surface area contributed by atoms with E-state index in [9.17, 15) is 4.79 Å². The van der Waals surface area contributed by atoms with Crippen LogP contribution >= 0.6 is 27.5 Å². The van der Waals surface area contributed by atoms with Crippen LogP contribution in [0.1, 0.15) is 23.6 Å². The van der Waals surface area contributed by atoms with Crippen molar-refractivity contribution in [2.24, 2.45) is 5.10 Å². The molecule has 3 rings (SSSR count). The molecule has 2 aromatic rings. The van der Waals surface area contributed by atoms with Gasteiger partial charge in [0.05, 0.1) is 25.3 Å². The minimum absolute atomic E-state index is 0.180. The SMILES string of the molecule is CNC(=O)N1N=C(c2ccc(Br)cc2)c2c(cc(OC)c(OC)c2Cl)C[C@H]1C. The summed E-state index contributed by atoms with van der Waals surface area (Å²) in [5.41, 5.74) is 3.10. The van der Waals surface area contributed by atoms with Crippen molar-refractivity contribution in [3.63, 3.8) is 0 Å². The fourth-order valence-corrected chi connectivity index (χ4v) is 3.89. The summed E-state index contributed by atoms with van der Waals surface area (Å²) < 4.78 is 11.9. The molecule has 28 heavy (non-hydrogen) atoms. The van der Waals surface area contributed by atoms with Crippen molar-refractivity contribution < 1.29 is 14.3 Å². The number of carbonyl (C=O) groups is 1. The molecule has 0 aliphatic carbocycles. The zero-order chi connectivity index (χ0) is 20.4. The molecule has 0 radical (unpaired) electrons. The number of halogens is 2. The largest absolute Gasteiger partial charge is 0.493 e. The summed E-state index contributed by atoms with van der Waals surface area (Å²) in [6, 6.07) is 9.13.